The second-order valence-electron chi connectivity index (χ2n) is 5.19. The highest BCUT2D eigenvalue weighted by Gasteiger charge is 2.31. The standard InChI is InChI=1S/C14H16ClF3N2O/c15-11-5-10(14(16,17)18)6-12(7-11)20-13(21)4-9-2-1-3-19-8-9/h5-7,9,19H,1-4,8H2,(H,20,21). The van der Waals surface area contributed by atoms with Crippen LogP contribution in [0.4, 0.5) is 18.9 Å². The normalized spacial score (nSPS) is 19.3. The Hall–Kier alpha value is -1.27. The van der Waals surface area contributed by atoms with E-state index < -0.39 is 11.7 Å². The summed E-state index contributed by atoms with van der Waals surface area (Å²) in [5.74, 6) is -0.0703. The third-order valence-electron chi connectivity index (χ3n) is 3.38. The number of piperidine rings is 1. The summed E-state index contributed by atoms with van der Waals surface area (Å²) in [7, 11) is 0. The molecule has 0 bridgehead atoms. The quantitative estimate of drug-likeness (QED) is 0.892. The van der Waals surface area contributed by atoms with Crippen molar-refractivity contribution in [3.05, 3.63) is 28.8 Å². The van der Waals surface area contributed by atoms with Gasteiger partial charge in [-0.15, -0.1) is 0 Å². The van der Waals surface area contributed by atoms with Crippen molar-refractivity contribution in [2.24, 2.45) is 5.92 Å². The van der Waals surface area contributed by atoms with Gasteiger partial charge in [-0.1, -0.05) is 11.6 Å². The van der Waals surface area contributed by atoms with Gasteiger partial charge in [0.05, 0.1) is 5.56 Å². The van der Waals surface area contributed by atoms with E-state index in [4.69, 9.17) is 11.6 Å². The van der Waals surface area contributed by atoms with Gasteiger partial charge in [0.2, 0.25) is 5.91 Å². The molecule has 1 atom stereocenters. The molecule has 0 spiro atoms. The molecule has 1 saturated heterocycles. The van der Waals surface area contributed by atoms with Crippen LogP contribution < -0.4 is 10.6 Å². The molecule has 116 valence electrons. The molecule has 0 saturated carbocycles. The number of amides is 1. The van der Waals surface area contributed by atoms with Gasteiger partial charge in [-0.3, -0.25) is 4.79 Å². The topological polar surface area (TPSA) is 41.1 Å². The molecule has 21 heavy (non-hydrogen) atoms. The van der Waals surface area contributed by atoms with Crippen molar-refractivity contribution in [1.29, 1.82) is 0 Å². The van der Waals surface area contributed by atoms with Crippen molar-refractivity contribution >= 4 is 23.2 Å². The molecular weight excluding hydrogens is 305 g/mol. The van der Waals surface area contributed by atoms with Gasteiger partial charge >= 0.3 is 6.18 Å². The lowest BCUT2D eigenvalue weighted by Crippen LogP contribution is -2.32. The number of benzene rings is 1. The molecule has 0 radical (unpaired) electrons. The Morgan fingerprint density at radius 2 is 2.14 bits per heavy atom. The summed E-state index contributed by atoms with van der Waals surface area (Å²) in [4.78, 5) is 11.9. The van der Waals surface area contributed by atoms with E-state index in [0.29, 0.717) is 6.42 Å². The molecule has 1 amide bonds. The van der Waals surface area contributed by atoms with Crippen LogP contribution in [-0.4, -0.2) is 19.0 Å². The summed E-state index contributed by atoms with van der Waals surface area (Å²) in [5.41, 5.74) is -0.798. The third-order valence-corrected chi connectivity index (χ3v) is 3.60. The zero-order valence-corrected chi connectivity index (χ0v) is 12.0. The maximum Gasteiger partial charge on any atom is 0.416 e. The molecule has 1 unspecified atom stereocenters. The summed E-state index contributed by atoms with van der Waals surface area (Å²) in [6, 6.07) is 3.04. The number of hydrogen-bond acceptors (Lipinski definition) is 2. The first-order chi connectivity index (χ1) is 9.84. The summed E-state index contributed by atoms with van der Waals surface area (Å²) >= 11 is 5.67. The average Bonchev–Trinajstić information content (AvgIpc) is 2.37. The lowest BCUT2D eigenvalue weighted by molar-refractivity contribution is -0.137. The fraction of sp³-hybridized carbons (Fsp3) is 0.500. The minimum atomic E-state index is -4.49. The first-order valence-electron chi connectivity index (χ1n) is 6.73. The van der Waals surface area contributed by atoms with Crippen molar-refractivity contribution in [2.45, 2.75) is 25.4 Å². The number of carbonyl (C=O) groups excluding carboxylic acids is 1. The smallest absolute Gasteiger partial charge is 0.326 e. The Balaban J connectivity index is 2.01. The van der Waals surface area contributed by atoms with Gasteiger partial charge in [0, 0.05) is 17.1 Å². The predicted octanol–water partition coefficient (Wildman–Crippen LogP) is 3.69. The molecule has 0 aromatic heterocycles. The second-order valence-corrected chi connectivity index (χ2v) is 5.63. The minimum absolute atomic E-state index is 0.0561. The Labute approximate surface area is 125 Å². The van der Waals surface area contributed by atoms with Gasteiger partial charge in [-0.25, -0.2) is 0 Å². The van der Waals surface area contributed by atoms with Gasteiger partial charge in [0.25, 0.3) is 0 Å². The van der Waals surface area contributed by atoms with Crippen LogP contribution in [0.5, 0.6) is 0 Å². The van der Waals surface area contributed by atoms with Crippen LogP contribution in [0.15, 0.2) is 18.2 Å². The fourth-order valence-corrected chi connectivity index (χ4v) is 2.63. The van der Waals surface area contributed by atoms with Crippen LogP contribution in [0.1, 0.15) is 24.8 Å². The zero-order chi connectivity index (χ0) is 15.5. The van der Waals surface area contributed by atoms with Crippen molar-refractivity contribution < 1.29 is 18.0 Å². The van der Waals surface area contributed by atoms with E-state index in [1.54, 1.807) is 0 Å². The monoisotopic (exact) mass is 320 g/mol. The van der Waals surface area contributed by atoms with E-state index >= 15 is 0 Å². The zero-order valence-electron chi connectivity index (χ0n) is 11.3. The molecule has 1 aromatic rings. The number of hydrogen-bond donors (Lipinski definition) is 2. The SMILES string of the molecule is O=C(CC1CCCNC1)Nc1cc(Cl)cc(C(F)(F)F)c1. The highest BCUT2D eigenvalue weighted by Crippen LogP contribution is 2.33. The predicted molar refractivity (Wildman–Crippen MR) is 75.3 cm³/mol. The molecular formula is C14H16ClF3N2O. The second kappa shape index (κ2) is 6.66. The average molecular weight is 321 g/mol. The third kappa shape index (κ3) is 4.89. The molecule has 0 aliphatic carbocycles. The maximum atomic E-state index is 12.7. The fourth-order valence-electron chi connectivity index (χ4n) is 2.40. The van der Waals surface area contributed by atoms with E-state index in [1.807, 2.05) is 0 Å². The van der Waals surface area contributed by atoms with Crippen LogP contribution in [0.3, 0.4) is 0 Å². The number of anilines is 1. The van der Waals surface area contributed by atoms with Crippen LogP contribution in [0.2, 0.25) is 5.02 Å². The number of carbonyl (C=O) groups is 1. The lowest BCUT2D eigenvalue weighted by Gasteiger charge is -2.22. The van der Waals surface area contributed by atoms with Crippen molar-refractivity contribution in [2.75, 3.05) is 18.4 Å². The lowest BCUT2D eigenvalue weighted by atomic mass is 9.96. The van der Waals surface area contributed by atoms with Crippen molar-refractivity contribution in [3.8, 4) is 0 Å². The largest absolute Gasteiger partial charge is 0.416 e. The molecule has 3 nitrogen and oxygen atoms in total. The van der Waals surface area contributed by atoms with E-state index in [1.165, 1.54) is 6.07 Å². The Kier molecular flexibility index (Phi) is 5.11. The number of rotatable bonds is 3. The van der Waals surface area contributed by atoms with Crippen molar-refractivity contribution in [3.63, 3.8) is 0 Å². The number of nitrogens with one attached hydrogen (secondary N) is 2. The van der Waals surface area contributed by atoms with Crippen molar-refractivity contribution in [1.82, 2.24) is 5.32 Å². The molecule has 2 N–H and O–H groups in total. The molecule has 1 fully saturated rings. The summed E-state index contributed by atoms with van der Waals surface area (Å²) in [6.45, 7) is 1.71. The number of halogens is 4. The highest BCUT2D eigenvalue weighted by atomic mass is 35.5. The molecule has 1 aliphatic rings. The Morgan fingerprint density at radius 1 is 1.38 bits per heavy atom. The van der Waals surface area contributed by atoms with E-state index in [0.717, 1.165) is 38.1 Å². The highest BCUT2D eigenvalue weighted by molar-refractivity contribution is 6.31. The summed E-state index contributed by atoms with van der Waals surface area (Å²) < 4.78 is 38.0. The van der Waals surface area contributed by atoms with Gasteiger partial charge in [0.1, 0.15) is 0 Å². The Bertz CT molecular complexity index is 513. The molecule has 1 aliphatic heterocycles. The minimum Gasteiger partial charge on any atom is -0.326 e. The van der Waals surface area contributed by atoms with Gasteiger partial charge in [-0.2, -0.15) is 13.2 Å². The van der Waals surface area contributed by atoms with Crippen LogP contribution >= 0.6 is 11.6 Å². The van der Waals surface area contributed by atoms with Gasteiger partial charge in [0.15, 0.2) is 0 Å². The van der Waals surface area contributed by atoms with Gasteiger partial charge < -0.3 is 10.6 Å². The maximum absolute atomic E-state index is 12.7. The summed E-state index contributed by atoms with van der Waals surface area (Å²) in [5, 5.41) is 5.63. The van der Waals surface area contributed by atoms with Crippen LogP contribution in [0.25, 0.3) is 0 Å². The first-order valence-corrected chi connectivity index (χ1v) is 7.11. The van der Waals surface area contributed by atoms with E-state index in [2.05, 4.69) is 10.6 Å². The molecule has 2 rings (SSSR count). The van der Waals surface area contributed by atoms with Crippen LogP contribution in [0, 0.1) is 5.92 Å². The first kappa shape index (κ1) is 16.1. The summed E-state index contributed by atoms with van der Waals surface area (Å²) in [6.07, 6.45) is -2.24. The Morgan fingerprint density at radius 3 is 2.76 bits per heavy atom. The van der Waals surface area contributed by atoms with Gasteiger partial charge in [-0.05, 0) is 50.0 Å². The molecule has 7 heteroatoms. The van der Waals surface area contributed by atoms with E-state index in [-0.39, 0.29) is 22.5 Å². The molecule has 1 aromatic carbocycles. The number of alkyl halides is 3. The molecule has 1 heterocycles. The van der Waals surface area contributed by atoms with E-state index in [9.17, 15) is 18.0 Å². The van der Waals surface area contributed by atoms with Crippen LogP contribution in [-0.2, 0) is 11.0 Å².